The largest absolute Gasteiger partial charge is 1.00 e. The van der Waals surface area contributed by atoms with E-state index in [-0.39, 0.29) is 31.0 Å². The topological polar surface area (TPSA) is 121 Å². The maximum absolute atomic E-state index is 8.96. The molecule has 0 aromatic rings. The molecule has 0 aromatic heterocycles. The van der Waals surface area contributed by atoms with Crippen LogP contribution in [0.3, 0.4) is 0 Å². The average Bonchev–Trinajstić information content (AvgIpc) is 2.12. The summed E-state index contributed by atoms with van der Waals surface area (Å²) in [6.45, 7) is -1.45. The van der Waals surface area contributed by atoms with E-state index in [2.05, 4.69) is 0 Å². The smallest absolute Gasteiger partial charge is 1.00 e. The van der Waals surface area contributed by atoms with Gasteiger partial charge in [-0.15, -0.1) is 0 Å². The summed E-state index contributed by atoms with van der Waals surface area (Å²) in [5.41, 5.74) is 0. The third-order valence-electron chi connectivity index (χ3n) is 1.51. The fraction of sp³-hybridized carbons (Fsp3) is 1.00. The zero-order valence-corrected chi connectivity index (χ0v) is 9.41. The molecule has 7 heteroatoms. The summed E-state index contributed by atoms with van der Waals surface area (Å²) in [6.07, 6.45) is -6.39. The number of aliphatic hydroxyl groups excluding tert-OH is 6. The molecule has 0 spiro atoms. The molecule has 0 heterocycles. The van der Waals surface area contributed by atoms with E-state index < -0.39 is 37.6 Å². The van der Waals surface area contributed by atoms with Gasteiger partial charge in [-0.25, -0.2) is 0 Å². The van der Waals surface area contributed by atoms with Crippen molar-refractivity contribution in [3.63, 3.8) is 0 Å². The summed E-state index contributed by atoms with van der Waals surface area (Å²) in [6, 6.07) is 0. The van der Waals surface area contributed by atoms with Gasteiger partial charge in [-0.05, 0) is 0 Å². The minimum absolute atomic E-state index is 0. The van der Waals surface area contributed by atoms with E-state index in [9.17, 15) is 0 Å². The maximum atomic E-state index is 8.96. The Morgan fingerprint density at radius 1 is 0.769 bits per heavy atom. The van der Waals surface area contributed by atoms with Gasteiger partial charge >= 0.3 is 29.6 Å². The summed E-state index contributed by atoms with van der Waals surface area (Å²) in [4.78, 5) is 0. The molecule has 0 amide bonds. The normalized spacial score (nSPS) is 19.8. The Labute approximate surface area is 99.2 Å². The molecule has 4 atom stereocenters. The summed E-state index contributed by atoms with van der Waals surface area (Å²) in [5.74, 6) is 0. The molecule has 0 unspecified atom stereocenters. The molecular weight excluding hydrogens is 191 g/mol. The predicted octanol–water partition coefficient (Wildman–Crippen LogP) is -6.47. The van der Waals surface area contributed by atoms with Crippen molar-refractivity contribution in [3.05, 3.63) is 0 Å². The van der Waals surface area contributed by atoms with Gasteiger partial charge in [0.05, 0.1) is 13.2 Å². The van der Waals surface area contributed by atoms with Crippen molar-refractivity contribution in [1.29, 1.82) is 0 Å². The van der Waals surface area contributed by atoms with Gasteiger partial charge in [-0.2, -0.15) is 0 Å². The van der Waals surface area contributed by atoms with E-state index >= 15 is 0 Å². The van der Waals surface area contributed by atoms with Crippen LogP contribution in [0.2, 0.25) is 0 Å². The zero-order valence-electron chi connectivity index (χ0n) is 8.41. The second-order valence-corrected chi connectivity index (χ2v) is 2.48. The first-order valence-electron chi connectivity index (χ1n) is 3.48. The molecule has 0 rings (SSSR count). The Bertz CT molecular complexity index is 115. The number of rotatable bonds is 5. The van der Waals surface area contributed by atoms with Crippen LogP contribution in [0.4, 0.5) is 0 Å². The second kappa shape index (κ2) is 8.10. The molecule has 6 N–H and O–H groups in total. The molecule has 0 saturated carbocycles. The quantitative estimate of drug-likeness (QED) is 0.249. The van der Waals surface area contributed by atoms with Crippen molar-refractivity contribution >= 4 is 0 Å². The van der Waals surface area contributed by atoms with Gasteiger partial charge < -0.3 is 32.1 Å². The average molecular weight is 206 g/mol. The number of hydrogen-bond donors (Lipinski definition) is 6. The Hall–Kier alpha value is 0.760. The third kappa shape index (κ3) is 5.26. The number of aliphatic hydroxyl groups is 6. The Morgan fingerprint density at radius 3 is 1.15 bits per heavy atom. The first-order chi connectivity index (χ1) is 5.54. The molecular formula is C6H15NaO6. The van der Waals surface area contributed by atoms with E-state index in [0.717, 1.165) is 0 Å². The van der Waals surface area contributed by atoms with E-state index in [0.29, 0.717) is 0 Å². The van der Waals surface area contributed by atoms with Crippen LogP contribution in [0.1, 0.15) is 1.43 Å². The molecule has 0 aliphatic rings. The molecule has 6 nitrogen and oxygen atoms in total. The van der Waals surface area contributed by atoms with Crippen LogP contribution < -0.4 is 29.6 Å². The Kier molecular flexibility index (Phi) is 10.1. The first kappa shape index (κ1) is 16.2. The van der Waals surface area contributed by atoms with Crippen molar-refractivity contribution in [2.24, 2.45) is 0 Å². The van der Waals surface area contributed by atoms with Crippen LogP contribution in [0, 0.1) is 0 Å². The molecule has 0 aliphatic heterocycles. The molecule has 0 radical (unpaired) electrons. The fourth-order valence-electron chi connectivity index (χ4n) is 0.671. The monoisotopic (exact) mass is 206 g/mol. The van der Waals surface area contributed by atoms with Crippen LogP contribution in [0.5, 0.6) is 0 Å². The second-order valence-electron chi connectivity index (χ2n) is 2.48. The van der Waals surface area contributed by atoms with E-state index in [1.165, 1.54) is 0 Å². The molecule has 0 aliphatic carbocycles. The van der Waals surface area contributed by atoms with Gasteiger partial charge in [0.1, 0.15) is 24.4 Å². The molecule has 0 aromatic carbocycles. The van der Waals surface area contributed by atoms with Crippen molar-refractivity contribution in [1.82, 2.24) is 0 Å². The fourth-order valence-corrected chi connectivity index (χ4v) is 0.671. The molecule has 13 heavy (non-hydrogen) atoms. The molecule has 0 fully saturated rings. The van der Waals surface area contributed by atoms with E-state index in [4.69, 9.17) is 30.6 Å². The van der Waals surface area contributed by atoms with Crippen LogP contribution in [-0.4, -0.2) is 68.3 Å². The van der Waals surface area contributed by atoms with Gasteiger partial charge in [0.15, 0.2) is 0 Å². The van der Waals surface area contributed by atoms with E-state index in [1.807, 2.05) is 0 Å². The van der Waals surface area contributed by atoms with Crippen molar-refractivity contribution in [2.75, 3.05) is 13.2 Å². The van der Waals surface area contributed by atoms with E-state index in [1.54, 1.807) is 0 Å². The SMILES string of the molecule is OC[C@@H](O)[C@@H](O)[C@H](O)[C@@H](O)CO.[H-].[Na+]. The standard InChI is InChI=1S/C6H14O6.Na.H/c7-1-3(9)5(11)6(12)4(10)2-8;;/h3-12H,1-2H2;;/q;+1;-1/t3-,4+,5-,6-;;/m1../s1. The number of hydrogen-bond acceptors (Lipinski definition) is 6. The van der Waals surface area contributed by atoms with Gasteiger partial charge in [-0.1, -0.05) is 0 Å². The van der Waals surface area contributed by atoms with Crippen molar-refractivity contribution in [2.45, 2.75) is 24.4 Å². The summed E-state index contributed by atoms with van der Waals surface area (Å²) >= 11 is 0. The van der Waals surface area contributed by atoms with Gasteiger partial charge in [-0.3, -0.25) is 0 Å². The minimum atomic E-state index is -1.67. The predicted molar refractivity (Wildman–Crippen MR) is 39.3 cm³/mol. The summed E-state index contributed by atoms with van der Waals surface area (Å²) in [7, 11) is 0. The van der Waals surface area contributed by atoms with Gasteiger partial charge in [0, 0.05) is 0 Å². The zero-order chi connectivity index (χ0) is 9.72. The summed E-state index contributed by atoms with van der Waals surface area (Å²) in [5, 5.41) is 52.2. The molecule has 0 bridgehead atoms. The maximum Gasteiger partial charge on any atom is 1.00 e. The minimum Gasteiger partial charge on any atom is -1.00 e. The van der Waals surface area contributed by atoms with Crippen molar-refractivity contribution in [3.8, 4) is 0 Å². The third-order valence-corrected chi connectivity index (χ3v) is 1.51. The van der Waals surface area contributed by atoms with Crippen LogP contribution in [0.15, 0.2) is 0 Å². The van der Waals surface area contributed by atoms with Crippen LogP contribution in [0.25, 0.3) is 0 Å². The van der Waals surface area contributed by atoms with Crippen LogP contribution >= 0.6 is 0 Å². The first-order valence-corrected chi connectivity index (χ1v) is 3.48. The molecule has 76 valence electrons. The van der Waals surface area contributed by atoms with Crippen molar-refractivity contribution < 1.29 is 61.6 Å². The van der Waals surface area contributed by atoms with Gasteiger partial charge in [0.25, 0.3) is 0 Å². The molecule has 0 saturated heterocycles. The van der Waals surface area contributed by atoms with Gasteiger partial charge in [0.2, 0.25) is 0 Å². The Morgan fingerprint density at radius 2 is 1.00 bits per heavy atom. The Balaban J connectivity index is -0.000000605. The van der Waals surface area contributed by atoms with Crippen LogP contribution in [-0.2, 0) is 0 Å². The summed E-state index contributed by atoms with van der Waals surface area (Å²) < 4.78 is 0.